The Bertz CT molecular complexity index is 503. The van der Waals surface area contributed by atoms with Gasteiger partial charge in [0.05, 0.1) is 18.3 Å². The smallest absolute Gasteiger partial charge is 0.223 e. The first-order valence-corrected chi connectivity index (χ1v) is 7.57. The highest BCUT2D eigenvalue weighted by atomic mass is 16.5. The summed E-state index contributed by atoms with van der Waals surface area (Å²) in [6.45, 7) is 7.31. The minimum absolute atomic E-state index is 0.241. The van der Waals surface area contributed by atoms with Crippen molar-refractivity contribution in [2.24, 2.45) is 0 Å². The molecular weight excluding hydrogens is 254 g/mol. The SMILES string of the molecule is Cc1nc2n(c1C)CCN(C(=O)CCC1CCCO1)C2. The molecular formula is C15H23N3O2. The molecule has 110 valence electrons. The zero-order chi connectivity index (χ0) is 14.1. The molecule has 0 bridgehead atoms. The summed E-state index contributed by atoms with van der Waals surface area (Å²) in [6, 6.07) is 0. The Kier molecular flexibility index (Phi) is 3.78. The second-order valence-electron chi connectivity index (χ2n) is 5.84. The summed E-state index contributed by atoms with van der Waals surface area (Å²) in [6.07, 6.45) is 4.01. The number of carbonyl (C=O) groups excluding carboxylic acids is 1. The second-order valence-corrected chi connectivity index (χ2v) is 5.84. The lowest BCUT2D eigenvalue weighted by atomic mass is 10.1. The number of aromatic nitrogens is 2. The van der Waals surface area contributed by atoms with Gasteiger partial charge in [0, 0.05) is 31.8 Å². The molecule has 1 atom stereocenters. The van der Waals surface area contributed by atoms with Crippen LogP contribution in [-0.4, -0.2) is 39.6 Å². The van der Waals surface area contributed by atoms with Crippen LogP contribution in [0.2, 0.25) is 0 Å². The van der Waals surface area contributed by atoms with Crippen molar-refractivity contribution in [3.05, 3.63) is 17.2 Å². The first kappa shape index (κ1) is 13.6. The molecule has 0 N–H and O–H groups in total. The van der Waals surface area contributed by atoms with Crippen LogP contribution in [0.4, 0.5) is 0 Å². The fourth-order valence-corrected chi connectivity index (χ4v) is 3.14. The van der Waals surface area contributed by atoms with Gasteiger partial charge in [-0.1, -0.05) is 0 Å². The summed E-state index contributed by atoms with van der Waals surface area (Å²) in [5, 5.41) is 0. The molecule has 5 nitrogen and oxygen atoms in total. The summed E-state index contributed by atoms with van der Waals surface area (Å²) in [7, 11) is 0. The third-order valence-corrected chi connectivity index (χ3v) is 4.52. The van der Waals surface area contributed by atoms with Crippen LogP contribution in [0.15, 0.2) is 0 Å². The predicted molar refractivity (Wildman–Crippen MR) is 75.3 cm³/mol. The van der Waals surface area contributed by atoms with E-state index in [1.54, 1.807) is 0 Å². The Morgan fingerprint density at radius 3 is 3.00 bits per heavy atom. The number of amides is 1. The molecule has 0 radical (unpaired) electrons. The monoisotopic (exact) mass is 277 g/mol. The Morgan fingerprint density at radius 1 is 1.40 bits per heavy atom. The van der Waals surface area contributed by atoms with Gasteiger partial charge in [-0.3, -0.25) is 4.79 Å². The molecule has 1 fully saturated rings. The van der Waals surface area contributed by atoms with Crippen molar-refractivity contribution in [3.63, 3.8) is 0 Å². The molecule has 2 aliphatic rings. The van der Waals surface area contributed by atoms with Crippen molar-refractivity contribution in [1.29, 1.82) is 0 Å². The highest BCUT2D eigenvalue weighted by Gasteiger charge is 2.25. The fraction of sp³-hybridized carbons (Fsp3) is 0.733. The van der Waals surface area contributed by atoms with E-state index in [0.29, 0.717) is 19.1 Å². The second kappa shape index (κ2) is 5.56. The first-order chi connectivity index (χ1) is 9.65. The lowest BCUT2D eigenvalue weighted by Gasteiger charge is -2.28. The van der Waals surface area contributed by atoms with Crippen molar-refractivity contribution in [2.45, 2.75) is 58.7 Å². The summed E-state index contributed by atoms with van der Waals surface area (Å²) < 4.78 is 7.81. The van der Waals surface area contributed by atoms with E-state index in [9.17, 15) is 4.79 Å². The number of carbonyl (C=O) groups is 1. The molecule has 3 rings (SSSR count). The molecule has 0 aliphatic carbocycles. The zero-order valence-corrected chi connectivity index (χ0v) is 12.4. The number of hydrogen-bond acceptors (Lipinski definition) is 3. The molecule has 0 saturated carbocycles. The van der Waals surface area contributed by atoms with Crippen molar-refractivity contribution >= 4 is 5.91 Å². The molecule has 1 amide bonds. The van der Waals surface area contributed by atoms with Gasteiger partial charge >= 0.3 is 0 Å². The largest absolute Gasteiger partial charge is 0.378 e. The van der Waals surface area contributed by atoms with Crippen LogP contribution in [-0.2, 0) is 22.6 Å². The van der Waals surface area contributed by atoms with Gasteiger partial charge in [-0.2, -0.15) is 0 Å². The quantitative estimate of drug-likeness (QED) is 0.846. The standard InChI is InChI=1S/C15H23N3O2/c1-11-12(2)18-8-7-17(10-14(18)16-11)15(19)6-5-13-4-3-9-20-13/h13H,3-10H2,1-2H3. The van der Waals surface area contributed by atoms with Crippen LogP contribution < -0.4 is 0 Å². The zero-order valence-electron chi connectivity index (χ0n) is 12.4. The molecule has 0 spiro atoms. The van der Waals surface area contributed by atoms with Crippen LogP contribution in [0, 0.1) is 13.8 Å². The Hall–Kier alpha value is -1.36. The number of ether oxygens (including phenoxy) is 1. The van der Waals surface area contributed by atoms with Crippen molar-refractivity contribution in [3.8, 4) is 0 Å². The predicted octanol–water partition coefficient (Wildman–Crippen LogP) is 1.80. The first-order valence-electron chi connectivity index (χ1n) is 7.57. The van der Waals surface area contributed by atoms with Gasteiger partial charge in [0.25, 0.3) is 0 Å². The Morgan fingerprint density at radius 2 is 2.25 bits per heavy atom. The van der Waals surface area contributed by atoms with E-state index in [0.717, 1.165) is 50.5 Å². The van der Waals surface area contributed by atoms with Gasteiger partial charge in [-0.25, -0.2) is 4.98 Å². The summed E-state index contributed by atoms with van der Waals surface area (Å²) in [5.41, 5.74) is 2.31. The number of hydrogen-bond donors (Lipinski definition) is 0. The molecule has 2 aliphatic heterocycles. The Labute approximate surface area is 119 Å². The van der Waals surface area contributed by atoms with E-state index in [4.69, 9.17) is 4.74 Å². The van der Waals surface area contributed by atoms with E-state index in [-0.39, 0.29) is 5.91 Å². The van der Waals surface area contributed by atoms with Crippen molar-refractivity contribution in [2.75, 3.05) is 13.2 Å². The fourth-order valence-electron chi connectivity index (χ4n) is 3.14. The van der Waals surface area contributed by atoms with Gasteiger partial charge in [0.2, 0.25) is 5.91 Å². The third-order valence-electron chi connectivity index (χ3n) is 4.52. The van der Waals surface area contributed by atoms with E-state index in [2.05, 4.69) is 16.5 Å². The maximum atomic E-state index is 12.3. The summed E-state index contributed by atoms with van der Waals surface area (Å²) in [4.78, 5) is 18.8. The van der Waals surface area contributed by atoms with E-state index in [1.165, 1.54) is 5.69 Å². The minimum Gasteiger partial charge on any atom is -0.378 e. The molecule has 1 saturated heterocycles. The van der Waals surface area contributed by atoms with E-state index >= 15 is 0 Å². The lowest BCUT2D eigenvalue weighted by molar-refractivity contribution is -0.133. The average molecular weight is 277 g/mol. The maximum Gasteiger partial charge on any atom is 0.223 e. The molecule has 1 unspecified atom stereocenters. The van der Waals surface area contributed by atoms with Crippen LogP contribution in [0.1, 0.15) is 42.9 Å². The molecule has 20 heavy (non-hydrogen) atoms. The normalized spacial score (nSPS) is 22.1. The van der Waals surface area contributed by atoms with E-state index < -0.39 is 0 Å². The van der Waals surface area contributed by atoms with Crippen LogP contribution in [0.25, 0.3) is 0 Å². The third kappa shape index (κ3) is 2.59. The van der Waals surface area contributed by atoms with Gasteiger partial charge in [-0.05, 0) is 33.1 Å². The highest BCUT2D eigenvalue weighted by molar-refractivity contribution is 5.76. The minimum atomic E-state index is 0.241. The van der Waals surface area contributed by atoms with Gasteiger partial charge in [-0.15, -0.1) is 0 Å². The molecule has 1 aromatic rings. The summed E-state index contributed by atoms with van der Waals surface area (Å²) in [5.74, 6) is 1.27. The van der Waals surface area contributed by atoms with Gasteiger partial charge < -0.3 is 14.2 Å². The number of fused-ring (bicyclic) bond motifs is 1. The number of nitrogens with zero attached hydrogens (tertiary/aromatic N) is 3. The van der Waals surface area contributed by atoms with Gasteiger partial charge in [0.1, 0.15) is 5.82 Å². The van der Waals surface area contributed by atoms with Crippen molar-refractivity contribution in [1.82, 2.24) is 14.5 Å². The summed E-state index contributed by atoms with van der Waals surface area (Å²) >= 11 is 0. The van der Waals surface area contributed by atoms with Crippen molar-refractivity contribution < 1.29 is 9.53 Å². The Balaban J connectivity index is 1.57. The number of rotatable bonds is 3. The molecule has 0 aromatic carbocycles. The average Bonchev–Trinajstić information content (AvgIpc) is 3.05. The van der Waals surface area contributed by atoms with Gasteiger partial charge in [0.15, 0.2) is 0 Å². The molecule has 5 heteroatoms. The highest BCUT2D eigenvalue weighted by Crippen LogP contribution is 2.20. The topological polar surface area (TPSA) is 47.4 Å². The molecule has 1 aromatic heterocycles. The van der Waals surface area contributed by atoms with Crippen LogP contribution in [0.3, 0.4) is 0 Å². The number of imidazole rings is 1. The van der Waals surface area contributed by atoms with Crippen LogP contribution in [0.5, 0.6) is 0 Å². The maximum absolute atomic E-state index is 12.3. The van der Waals surface area contributed by atoms with Crippen LogP contribution >= 0.6 is 0 Å². The van der Waals surface area contributed by atoms with E-state index in [1.807, 2.05) is 11.8 Å². The number of aryl methyl sites for hydroxylation is 1. The molecule has 3 heterocycles. The lowest BCUT2D eigenvalue weighted by Crippen LogP contribution is -2.38.